The van der Waals surface area contributed by atoms with Gasteiger partial charge in [-0.05, 0) is 51.6 Å². The Labute approximate surface area is 141 Å². The van der Waals surface area contributed by atoms with Crippen molar-refractivity contribution in [2.24, 2.45) is 11.8 Å². The smallest absolute Gasteiger partial charge is 0.317 e. The van der Waals surface area contributed by atoms with E-state index >= 15 is 0 Å². The van der Waals surface area contributed by atoms with Gasteiger partial charge in [0.25, 0.3) is 0 Å². The van der Waals surface area contributed by atoms with Gasteiger partial charge in [0.15, 0.2) is 0 Å². The molecule has 3 aliphatic heterocycles. The molecule has 0 aliphatic carbocycles. The van der Waals surface area contributed by atoms with Gasteiger partial charge in [-0.25, -0.2) is 4.79 Å². The average Bonchev–Trinajstić information content (AvgIpc) is 3.08. The molecule has 0 unspecified atom stereocenters. The molecular formula is C18H34N4O. The van der Waals surface area contributed by atoms with Gasteiger partial charge in [0.05, 0.1) is 0 Å². The van der Waals surface area contributed by atoms with Crippen molar-refractivity contribution in [2.45, 2.75) is 52.1 Å². The molecule has 0 bridgehead atoms. The molecule has 0 radical (unpaired) electrons. The number of carbonyl (C=O) groups is 1. The number of hydrogen-bond donors (Lipinski definition) is 1. The van der Waals surface area contributed by atoms with E-state index in [1.807, 2.05) is 0 Å². The van der Waals surface area contributed by atoms with Crippen molar-refractivity contribution in [1.29, 1.82) is 0 Å². The van der Waals surface area contributed by atoms with Crippen molar-refractivity contribution in [3.05, 3.63) is 0 Å². The molecule has 3 fully saturated rings. The van der Waals surface area contributed by atoms with Crippen molar-refractivity contribution in [3.8, 4) is 0 Å². The normalized spacial score (nSPS) is 30.8. The summed E-state index contributed by atoms with van der Waals surface area (Å²) in [6.07, 6.45) is 4.08. The summed E-state index contributed by atoms with van der Waals surface area (Å²) in [6.45, 7) is 13.8. The fourth-order valence-electron chi connectivity index (χ4n) is 4.92. The van der Waals surface area contributed by atoms with E-state index < -0.39 is 0 Å². The number of piperidine rings is 1. The van der Waals surface area contributed by atoms with Crippen molar-refractivity contribution >= 4 is 6.03 Å². The monoisotopic (exact) mass is 322 g/mol. The predicted molar refractivity (Wildman–Crippen MR) is 93.5 cm³/mol. The number of carbonyl (C=O) groups excluding carboxylic acids is 1. The Morgan fingerprint density at radius 1 is 1.26 bits per heavy atom. The van der Waals surface area contributed by atoms with Crippen LogP contribution in [0.2, 0.25) is 0 Å². The van der Waals surface area contributed by atoms with Crippen LogP contribution in [0.5, 0.6) is 0 Å². The highest BCUT2D eigenvalue weighted by molar-refractivity contribution is 5.74. The second kappa shape index (κ2) is 7.39. The average molecular weight is 322 g/mol. The SMILES string of the molecule is CCN(CCNC(=O)N1C[C@@H]2CN3CCCC[C@@H]3[C@@H]2C1)C(C)C. The van der Waals surface area contributed by atoms with Gasteiger partial charge < -0.3 is 10.2 Å². The Bertz CT molecular complexity index is 414. The maximum Gasteiger partial charge on any atom is 0.317 e. The van der Waals surface area contributed by atoms with Crippen LogP contribution in [0.25, 0.3) is 0 Å². The molecule has 1 N–H and O–H groups in total. The van der Waals surface area contributed by atoms with E-state index in [2.05, 4.69) is 40.8 Å². The lowest BCUT2D eigenvalue weighted by Gasteiger charge is -2.33. The minimum atomic E-state index is 0.154. The predicted octanol–water partition coefficient (Wildman–Crippen LogP) is 1.84. The molecule has 0 aromatic rings. The third-order valence-electron chi connectivity index (χ3n) is 6.22. The number of likely N-dealkylation sites (tertiary alicyclic amines) is 1. The summed E-state index contributed by atoms with van der Waals surface area (Å²) >= 11 is 0. The summed E-state index contributed by atoms with van der Waals surface area (Å²) in [5.74, 6) is 1.44. The maximum atomic E-state index is 12.5. The van der Waals surface area contributed by atoms with E-state index in [9.17, 15) is 4.79 Å². The topological polar surface area (TPSA) is 38.8 Å². The fourth-order valence-corrected chi connectivity index (χ4v) is 4.92. The molecule has 0 saturated carbocycles. The fraction of sp³-hybridized carbons (Fsp3) is 0.944. The highest BCUT2D eigenvalue weighted by Crippen LogP contribution is 2.40. The standard InChI is InChI=1S/C18H34N4O/c1-4-20(14(2)3)10-8-19-18(23)22-12-15-11-21-9-6-5-7-17(21)16(15)13-22/h14-17H,4-13H2,1-3H3,(H,19,23)/t15-,16+,17+/m0/s1. The first-order valence-electron chi connectivity index (χ1n) is 9.61. The van der Waals surface area contributed by atoms with Crippen molar-refractivity contribution in [1.82, 2.24) is 20.0 Å². The number of rotatable bonds is 5. The molecule has 0 aromatic heterocycles. The zero-order chi connectivity index (χ0) is 16.4. The van der Waals surface area contributed by atoms with E-state index in [1.165, 1.54) is 32.4 Å². The van der Waals surface area contributed by atoms with Crippen LogP contribution < -0.4 is 5.32 Å². The van der Waals surface area contributed by atoms with E-state index in [-0.39, 0.29) is 6.03 Å². The molecular weight excluding hydrogens is 288 g/mol. The highest BCUT2D eigenvalue weighted by atomic mass is 16.2. The van der Waals surface area contributed by atoms with E-state index in [0.717, 1.165) is 44.7 Å². The Hall–Kier alpha value is -0.810. The second-order valence-corrected chi connectivity index (χ2v) is 7.84. The zero-order valence-corrected chi connectivity index (χ0v) is 15.1. The van der Waals surface area contributed by atoms with Crippen LogP contribution in [0, 0.1) is 11.8 Å². The first-order chi connectivity index (χ1) is 11.1. The van der Waals surface area contributed by atoms with Crippen LogP contribution in [0.1, 0.15) is 40.0 Å². The van der Waals surface area contributed by atoms with Gasteiger partial charge in [-0.1, -0.05) is 13.3 Å². The summed E-state index contributed by atoms with van der Waals surface area (Å²) < 4.78 is 0. The van der Waals surface area contributed by atoms with Crippen molar-refractivity contribution in [2.75, 3.05) is 45.8 Å². The molecule has 0 spiro atoms. The zero-order valence-electron chi connectivity index (χ0n) is 15.1. The molecule has 5 nitrogen and oxygen atoms in total. The van der Waals surface area contributed by atoms with Crippen LogP contribution in [0.15, 0.2) is 0 Å². The van der Waals surface area contributed by atoms with Gasteiger partial charge in [0.1, 0.15) is 0 Å². The van der Waals surface area contributed by atoms with Crippen molar-refractivity contribution in [3.63, 3.8) is 0 Å². The van der Waals surface area contributed by atoms with E-state index in [4.69, 9.17) is 0 Å². The molecule has 132 valence electrons. The van der Waals surface area contributed by atoms with Gasteiger partial charge in [-0.15, -0.1) is 0 Å². The lowest BCUT2D eigenvalue weighted by Crippen LogP contribution is -2.45. The number of fused-ring (bicyclic) bond motifs is 3. The third-order valence-corrected chi connectivity index (χ3v) is 6.22. The Balaban J connectivity index is 1.44. The van der Waals surface area contributed by atoms with Gasteiger partial charge >= 0.3 is 6.03 Å². The number of urea groups is 1. The number of amides is 2. The number of nitrogens with zero attached hydrogens (tertiary/aromatic N) is 3. The Kier molecular flexibility index (Phi) is 5.47. The summed E-state index contributed by atoms with van der Waals surface area (Å²) in [7, 11) is 0. The highest BCUT2D eigenvalue weighted by Gasteiger charge is 2.48. The molecule has 0 aromatic carbocycles. The first kappa shape index (κ1) is 17.0. The van der Waals surface area contributed by atoms with Crippen LogP contribution >= 0.6 is 0 Å². The van der Waals surface area contributed by atoms with E-state index in [0.29, 0.717) is 12.0 Å². The molecule has 3 atom stereocenters. The van der Waals surface area contributed by atoms with Gasteiger partial charge in [-0.2, -0.15) is 0 Å². The number of likely N-dealkylation sites (N-methyl/N-ethyl adjacent to an activating group) is 1. The quantitative estimate of drug-likeness (QED) is 0.839. The number of nitrogens with one attached hydrogen (secondary N) is 1. The summed E-state index contributed by atoms with van der Waals surface area (Å²) in [4.78, 5) is 19.6. The molecule has 3 saturated heterocycles. The molecule has 3 rings (SSSR count). The van der Waals surface area contributed by atoms with Crippen LogP contribution in [-0.2, 0) is 0 Å². The Morgan fingerprint density at radius 2 is 2.09 bits per heavy atom. The first-order valence-corrected chi connectivity index (χ1v) is 9.61. The second-order valence-electron chi connectivity index (χ2n) is 7.84. The summed E-state index contributed by atoms with van der Waals surface area (Å²) in [5.41, 5.74) is 0. The molecule has 3 heterocycles. The molecule has 23 heavy (non-hydrogen) atoms. The van der Waals surface area contributed by atoms with Crippen LogP contribution in [0.3, 0.4) is 0 Å². The Morgan fingerprint density at radius 3 is 2.83 bits per heavy atom. The van der Waals surface area contributed by atoms with Crippen LogP contribution in [0.4, 0.5) is 4.79 Å². The summed E-state index contributed by atoms with van der Waals surface area (Å²) in [6, 6.07) is 1.45. The molecule has 5 heteroatoms. The molecule has 3 aliphatic rings. The minimum absolute atomic E-state index is 0.154. The minimum Gasteiger partial charge on any atom is -0.337 e. The lowest BCUT2D eigenvalue weighted by molar-refractivity contribution is 0.153. The lowest BCUT2D eigenvalue weighted by atomic mass is 9.90. The third kappa shape index (κ3) is 3.66. The van der Waals surface area contributed by atoms with Crippen LogP contribution in [-0.4, -0.2) is 78.6 Å². The van der Waals surface area contributed by atoms with Gasteiger partial charge in [0.2, 0.25) is 0 Å². The van der Waals surface area contributed by atoms with E-state index in [1.54, 1.807) is 0 Å². The molecule has 2 amide bonds. The maximum absolute atomic E-state index is 12.5. The number of hydrogen-bond acceptors (Lipinski definition) is 3. The van der Waals surface area contributed by atoms with Gasteiger partial charge in [0, 0.05) is 44.8 Å². The summed E-state index contributed by atoms with van der Waals surface area (Å²) in [5, 5.41) is 3.14. The largest absolute Gasteiger partial charge is 0.337 e. The van der Waals surface area contributed by atoms with Crippen molar-refractivity contribution < 1.29 is 4.79 Å². The van der Waals surface area contributed by atoms with Gasteiger partial charge in [-0.3, -0.25) is 9.80 Å².